The molecule has 0 aromatic heterocycles. The summed E-state index contributed by atoms with van der Waals surface area (Å²) in [6.07, 6.45) is 0.689. The lowest BCUT2D eigenvalue weighted by molar-refractivity contribution is 0.0895. The summed E-state index contributed by atoms with van der Waals surface area (Å²) in [5.74, 6) is 0.391. The number of methoxy groups -OCH3 is 1. The topological polar surface area (TPSA) is 41.6 Å². The molecule has 0 heterocycles. The van der Waals surface area contributed by atoms with Gasteiger partial charge in [0.05, 0.1) is 12.6 Å². The molecule has 0 saturated carbocycles. The molecule has 1 rings (SSSR count). The molecule has 1 aromatic carbocycles. The zero-order valence-electron chi connectivity index (χ0n) is 11.6. The van der Waals surface area contributed by atoms with Gasteiger partial charge in [-0.2, -0.15) is 0 Å². The van der Waals surface area contributed by atoms with E-state index in [2.05, 4.69) is 5.32 Å². The molecule has 1 N–H and O–H groups in total. The van der Waals surface area contributed by atoms with Crippen LogP contribution in [0.25, 0.3) is 0 Å². The number of nitrogens with zero attached hydrogens (tertiary/aromatic N) is 1. The van der Waals surface area contributed by atoms with Gasteiger partial charge in [-0.1, -0.05) is 6.07 Å². The first-order valence-corrected chi connectivity index (χ1v) is 6.75. The molecule has 0 saturated heterocycles. The normalized spacial score (nSPS) is 12.0. The van der Waals surface area contributed by atoms with E-state index in [9.17, 15) is 4.79 Å². The third-order valence-electron chi connectivity index (χ3n) is 2.79. The fourth-order valence-electron chi connectivity index (χ4n) is 1.72. The highest BCUT2D eigenvalue weighted by Crippen LogP contribution is 2.13. The molecular weight excluding hydrogens is 264 g/mol. The molecule has 0 radical (unpaired) electrons. The molecule has 0 bridgehead atoms. The Balaban J connectivity index is 2.73. The van der Waals surface area contributed by atoms with Gasteiger partial charge in [0.25, 0.3) is 5.91 Å². The van der Waals surface area contributed by atoms with Crippen LogP contribution in [0.4, 0.5) is 5.69 Å². The number of halogens is 1. The Hall–Kier alpha value is -1.26. The van der Waals surface area contributed by atoms with Gasteiger partial charge in [-0.3, -0.25) is 4.79 Å². The van der Waals surface area contributed by atoms with Crippen molar-refractivity contribution in [1.29, 1.82) is 0 Å². The van der Waals surface area contributed by atoms with Crippen LogP contribution < -0.4 is 10.2 Å². The van der Waals surface area contributed by atoms with E-state index < -0.39 is 0 Å². The van der Waals surface area contributed by atoms with Crippen LogP contribution >= 0.6 is 11.6 Å². The van der Waals surface area contributed by atoms with E-state index in [0.717, 1.165) is 5.69 Å². The second kappa shape index (κ2) is 8.02. The van der Waals surface area contributed by atoms with Gasteiger partial charge in [-0.25, -0.2) is 0 Å². The molecule has 1 atom stereocenters. The van der Waals surface area contributed by atoms with Crippen molar-refractivity contribution >= 4 is 23.2 Å². The van der Waals surface area contributed by atoms with Gasteiger partial charge in [0.1, 0.15) is 0 Å². The van der Waals surface area contributed by atoms with Crippen LogP contribution in [0.2, 0.25) is 0 Å². The maximum atomic E-state index is 12.2. The molecule has 0 aliphatic heterocycles. The van der Waals surface area contributed by atoms with E-state index in [1.54, 1.807) is 13.2 Å². The summed E-state index contributed by atoms with van der Waals surface area (Å²) in [6, 6.07) is 7.43. The number of rotatable bonds is 7. The molecule has 0 aliphatic rings. The van der Waals surface area contributed by atoms with Gasteiger partial charge >= 0.3 is 0 Å². The Morgan fingerprint density at radius 1 is 1.47 bits per heavy atom. The molecule has 1 aromatic rings. The molecule has 1 amide bonds. The van der Waals surface area contributed by atoms with Crippen molar-refractivity contribution in [3.05, 3.63) is 29.8 Å². The minimum absolute atomic E-state index is 0.0574. The average molecular weight is 285 g/mol. The van der Waals surface area contributed by atoms with Crippen LogP contribution in [0.3, 0.4) is 0 Å². The van der Waals surface area contributed by atoms with E-state index >= 15 is 0 Å². The van der Waals surface area contributed by atoms with Crippen LogP contribution in [-0.4, -0.2) is 45.6 Å². The monoisotopic (exact) mass is 284 g/mol. The number of anilines is 1. The first kappa shape index (κ1) is 15.8. The second-order valence-corrected chi connectivity index (χ2v) is 4.93. The van der Waals surface area contributed by atoms with Gasteiger partial charge in [0.15, 0.2) is 0 Å². The average Bonchev–Trinajstić information content (AvgIpc) is 2.39. The van der Waals surface area contributed by atoms with Crippen molar-refractivity contribution in [2.75, 3.05) is 38.6 Å². The van der Waals surface area contributed by atoms with E-state index in [1.165, 1.54) is 0 Å². The highest BCUT2D eigenvalue weighted by Gasteiger charge is 2.13. The van der Waals surface area contributed by atoms with Crippen LogP contribution in [0.5, 0.6) is 0 Å². The van der Waals surface area contributed by atoms with Crippen molar-refractivity contribution < 1.29 is 9.53 Å². The molecule has 4 nitrogen and oxygen atoms in total. The number of hydrogen-bond donors (Lipinski definition) is 1. The summed E-state index contributed by atoms with van der Waals surface area (Å²) in [7, 11) is 5.50. The van der Waals surface area contributed by atoms with Crippen LogP contribution in [-0.2, 0) is 4.74 Å². The van der Waals surface area contributed by atoms with Crippen molar-refractivity contribution in [2.24, 2.45) is 0 Å². The SMILES string of the molecule is COCC(CCCl)NC(=O)c1cccc(N(C)C)c1. The Labute approximate surface area is 119 Å². The molecule has 5 heteroatoms. The lowest BCUT2D eigenvalue weighted by Crippen LogP contribution is -2.38. The lowest BCUT2D eigenvalue weighted by Gasteiger charge is -2.18. The maximum absolute atomic E-state index is 12.2. The summed E-state index contributed by atoms with van der Waals surface area (Å²) in [4.78, 5) is 14.1. The fourth-order valence-corrected chi connectivity index (χ4v) is 1.99. The first-order valence-electron chi connectivity index (χ1n) is 6.21. The molecular formula is C14H21ClN2O2. The van der Waals surface area contributed by atoms with E-state index in [4.69, 9.17) is 16.3 Å². The number of carbonyl (C=O) groups is 1. The first-order chi connectivity index (χ1) is 9.08. The molecule has 19 heavy (non-hydrogen) atoms. The fraction of sp³-hybridized carbons (Fsp3) is 0.500. The van der Waals surface area contributed by atoms with Gasteiger partial charge in [0, 0.05) is 38.3 Å². The lowest BCUT2D eigenvalue weighted by atomic mass is 10.1. The third-order valence-corrected chi connectivity index (χ3v) is 3.00. The smallest absolute Gasteiger partial charge is 0.251 e. The summed E-state index contributed by atoms with van der Waals surface area (Å²) >= 11 is 5.71. The number of benzene rings is 1. The largest absolute Gasteiger partial charge is 0.383 e. The molecule has 106 valence electrons. The predicted octanol–water partition coefficient (Wildman–Crippen LogP) is 2.13. The summed E-state index contributed by atoms with van der Waals surface area (Å²) < 4.78 is 5.07. The quantitative estimate of drug-likeness (QED) is 0.780. The Morgan fingerprint density at radius 2 is 2.21 bits per heavy atom. The zero-order chi connectivity index (χ0) is 14.3. The van der Waals surface area contributed by atoms with Gasteiger partial charge in [0.2, 0.25) is 0 Å². The number of alkyl halides is 1. The predicted molar refractivity (Wildman–Crippen MR) is 79.2 cm³/mol. The van der Waals surface area contributed by atoms with Crippen LogP contribution in [0, 0.1) is 0 Å². The highest BCUT2D eigenvalue weighted by molar-refractivity contribution is 6.17. The second-order valence-electron chi connectivity index (χ2n) is 4.55. The minimum atomic E-state index is -0.101. The Kier molecular flexibility index (Phi) is 6.67. The highest BCUT2D eigenvalue weighted by atomic mass is 35.5. The number of hydrogen-bond acceptors (Lipinski definition) is 3. The van der Waals surface area contributed by atoms with E-state index in [1.807, 2.05) is 37.2 Å². The van der Waals surface area contributed by atoms with Crippen molar-refractivity contribution in [2.45, 2.75) is 12.5 Å². The van der Waals surface area contributed by atoms with Crippen molar-refractivity contribution in [1.82, 2.24) is 5.32 Å². The number of ether oxygens (including phenoxy) is 1. The number of nitrogens with one attached hydrogen (secondary N) is 1. The Bertz CT molecular complexity index is 404. The van der Waals surface area contributed by atoms with Crippen molar-refractivity contribution in [3.8, 4) is 0 Å². The standard InChI is InChI=1S/C14H21ClN2O2/c1-17(2)13-6-4-5-11(9-13)14(18)16-12(7-8-15)10-19-3/h4-6,9,12H,7-8,10H2,1-3H3,(H,16,18). The summed E-state index contributed by atoms with van der Waals surface area (Å²) in [6.45, 7) is 0.464. The molecule has 0 aliphatic carbocycles. The van der Waals surface area contributed by atoms with Gasteiger partial charge < -0.3 is 15.0 Å². The minimum Gasteiger partial charge on any atom is -0.383 e. The molecule has 0 fully saturated rings. The number of amides is 1. The summed E-state index contributed by atoms with van der Waals surface area (Å²) in [5, 5.41) is 2.93. The van der Waals surface area contributed by atoms with E-state index in [0.29, 0.717) is 24.5 Å². The Morgan fingerprint density at radius 3 is 2.79 bits per heavy atom. The van der Waals surface area contributed by atoms with Crippen molar-refractivity contribution in [3.63, 3.8) is 0 Å². The molecule has 1 unspecified atom stereocenters. The van der Waals surface area contributed by atoms with Crippen LogP contribution in [0.1, 0.15) is 16.8 Å². The van der Waals surface area contributed by atoms with Gasteiger partial charge in [-0.05, 0) is 24.6 Å². The summed E-state index contributed by atoms with van der Waals surface area (Å²) in [5.41, 5.74) is 1.63. The molecule has 0 spiro atoms. The van der Waals surface area contributed by atoms with Crippen LogP contribution in [0.15, 0.2) is 24.3 Å². The van der Waals surface area contributed by atoms with E-state index in [-0.39, 0.29) is 11.9 Å². The zero-order valence-corrected chi connectivity index (χ0v) is 12.4. The number of carbonyl (C=O) groups excluding carboxylic acids is 1. The maximum Gasteiger partial charge on any atom is 0.251 e. The third kappa shape index (κ3) is 5.09. The van der Waals surface area contributed by atoms with Gasteiger partial charge in [-0.15, -0.1) is 11.6 Å².